The van der Waals surface area contributed by atoms with Crippen molar-refractivity contribution < 1.29 is 8.62 Å². The molecule has 0 amide bonds. The molecule has 0 unspecified atom stereocenters. The van der Waals surface area contributed by atoms with Gasteiger partial charge in [0.2, 0.25) is 0 Å². The maximum absolute atomic E-state index is 12.3. The van der Waals surface area contributed by atoms with E-state index in [9.17, 15) is 3.89 Å². The topological polar surface area (TPSA) is 50.9 Å². The van der Waals surface area contributed by atoms with E-state index in [1.54, 1.807) is 19.2 Å². The van der Waals surface area contributed by atoms with Gasteiger partial charge in [-0.05, 0) is 23.9 Å². The molecule has 0 aliphatic heterocycles. The molecule has 0 aliphatic rings. The number of aliphatic imine (C=N–C) groups is 1. The fraction of sp³-hybridized carbons (Fsp3) is 0.267. The van der Waals surface area contributed by atoms with Crippen LogP contribution in [0, 0.1) is 0 Å². The highest BCUT2D eigenvalue weighted by Gasteiger charge is 2.00. The summed E-state index contributed by atoms with van der Waals surface area (Å²) in [6, 6.07) is 7.91. The maximum atomic E-state index is 12.3. The van der Waals surface area contributed by atoms with Gasteiger partial charge in [-0.2, -0.15) is 0 Å². The van der Waals surface area contributed by atoms with Gasteiger partial charge in [-0.3, -0.25) is 0 Å². The summed E-state index contributed by atoms with van der Waals surface area (Å²) in [5, 5.41) is 0. The van der Waals surface area contributed by atoms with Crippen LogP contribution in [0.1, 0.15) is 11.1 Å². The van der Waals surface area contributed by atoms with Crippen molar-refractivity contribution in [2.45, 2.75) is 13.2 Å². The second-order valence-corrected chi connectivity index (χ2v) is 5.13. The molecule has 2 N–H and O–H groups in total. The van der Waals surface area contributed by atoms with Gasteiger partial charge in [-0.1, -0.05) is 36.4 Å². The minimum absolute atomic E-state index is 0.226. The fourth-order valence-electron chi connectivity index (χ4n) is 1.54. The third kappa shape index (κ3) is 7.65. The molecule has 4 nitrogen and oxygen atoms in total. The molecule has 6 heteroatoms. The fourth-order valence-corrected chi connectivity index (χ4v) is 1.74. The lowest BCUT2D eigenvalue weighted by atomic mass is 10.1. The van der Waals surface area contributed by atoms with Crippen LogP contribution in [-0.4, -0.2) is 24.7 Å². The number of nitrogens with zero attached hydrogens (tertiary/aromatic N) is 2. The Hall–Kier alpha value is -1.63. The highest BCUT2D eigenvalue weighted by molar-refractivity contribution is 7.91. The van der Waals surface area contributed by atoms with Gasteiger partial charge in [0.1, 0.15) is 18.2 Å². The molecule has 0 aliphatic carbocycles. The minimum Gasteiger partial charge on any atom is -0.384 e. The van der Waals surface area contributed by atoms with Crippen LogP contribution < -0.4 is 5.73 Å². The number of allylic oxidation sites excluding steroid dienone is 2. The van der Waals surface area contributed by atoms with Crippen molar-refractivity contribution in [2.24, 2.45) is 10.7 Å². The summed E-state index contributed by atoms with van der Waals surface area (Å²) in [5.41, 5.74) is 7.58. The van der Waals surface area contributed by atoms with Crippen LogP contribution in [0.25, 0.3) is 0 Å². The minimum atomic E-state index is 0.226. The molecule has 0 aromatic heterocycles. The van der Waals surface area contributed by atoms with Crippen molar-refractivity contribution in [1.82, 2.24) is 4.31 Å². The van der Waals surface area contributed by atoms with Gasteiger partial charge in [-0.25, -0.2) is 9.30 Å². The quantitative estimate of drug-likeness (QED) is 0.329. The molecular weight excluding hydrogens is 289 g/mol. The van der Waals surface area contributed by atoms with Crippen LogP contribution in [0.5, 0.6) is 0 Å². The zero-order valence-electron chi connectivity index (χ0n) is 12.0. The molecular formula is C15H20FN3OS. The number of hydrogen-bond donors (Lipinski definition) is 1. The largest absolute Gasteiger partial charge is 0.384 e. The molecule has 0 saturated heterocycles. The number of benzene rings is 1. The number of halogens is 1. The van der Waals surface area contributed by atoms with E-state index in [1.807, 2.05) is 30.3 Å². The van der Waals surface area contributed by atoms with Crippen molar-refractivity contribution in [3.8, 4) is 0 Å². The molecule has 1 rings (SSSR count). The lowest BCUT2D eigenvalue weighted by molar-refractivity contribution is 0.148. The average Bonchev–Trinajstić information content (AvgIpc) is 2.51. The zero-order valence-corrected chi connectivity index (χ0v) is 12.9. The van der Waals surface area contributed by atoms with Gasteiger partial charge in [0.25, 0.3) is 0 Å². The highest BCUT2D eigenvalue weighted by Crippen LogP contribution is 2.13. The Balaban J connectivity index is 2.31. The maximum Gasteiger partial charge on any atom is 0.134 e. The molecule has 1 aromatic carbocycles. The Kier molecular flexibility index (Phi) is 8.42. The molecule has 0 bridgehead atoms. The van der Waals surface area contributed by atoms with Crippen molar-refractivity contribution in [3.63, 3.8) is 0 Å². The number of nitrogens with two attached hydrogens (primary N) is 1. The molecule has 0 heterocycles. The van der Waals surface area contributed by atoms with Gasteiger partial charge in [0, 0.05) is 13.6 Å². The summed E-state index contributed by atoms with van der Waals surface area (Å²) < 4.78 is 19.3. The van der Waals surface area contributed by atoms with Crippen LogP contribution >= 0.6 is 12.3 Å². The summed E-state index contributed by atoms with van der Waals surface area (Å²) in [7, 11) is 1.71. The number of rotatable bonds is 9. The first-order valence-electron chi connectivity index (χ1n) is 6.40. The zero-order chi connectivity index (χ0) is 15.5. The van der Waals surface area contributed by atoms with E-state index in [0.29, 0.717) is 25.6 Å². The van der Waals surface area contributed by atoms with Gasteiger partial charge >= 0.3 is 0 Å². The van der Waals surface area contributed by atoms with Gasteiger partial charge in [0.15, 0.2) is 0 Å². The van der Waals surface area contributed by atoms with Crippen LogP contribution in [0.3, 0.4) is 0 Å². The number of hydrogen-bond acceptors (Lipinski definition) is 5. The van der Waals surface area contributed by atoms with E-state index in [4.69, 9.17) is 10.5 Å². The first-order chi connectivity index (χ1) is 10.2. The lowest BCUT2D eigenvalue weighted by Crippen LogP contribution is -2.06. The third-order valence-electron chi connectivity index (χ3n) is 2.61. The standard InChI is InChI=1S/C15H20FN3OS/c1-18-15(17)5-3-4-10-20-12-14-8-6-13(7-9-14)11-19(2)21-16/h3-9H,1,10-12,17H2,2H3/b4-3-,15-5-. The Morgan fingerprint density at radius 2 is 2.10 bits per heavy atom. The van der Waals surface area contributed by atoms with Crippen LogP contribution in [0.15, 0.2) is 53.3 Å². The third-order valence-corrected chi connectivity index (χ3v) is 2.98. The highest BCUT2D eigenvalue weighted by atomic mass is 32.2. The van der Waals surface area contributed by atoms with Crippen molar-refractivity contribution in [2.75, 3.05) is 13.7 Å². The van der Waals surface area contributed by atoms with Gasteiger partial charge in [-0.15, -0.1) is 3.89 Å². The SMILES string of the molecule is C=N/C(N)=C\C=C/COCc1ccc(CN(C)SF)cc1. The molecule has 0 fully saturated rings. The Morgan fingerprint density at radius 3 is 2.71 bits per heavy atom. The van der Waals surface area contributed by atoms with Gasteiger partial charge in [0.05, 0.1) is 13.2 Å². The summed E-state index contributed by atoms with van der Waals surface area (Å²) in [4.78, 5) is 3.56. The molecule has 114 valence electrons. The predicted molar refractivity (Wildman–Crippen MR) is 87.2 cm³/mol. The molecule has 0 saturated carbocycles. The lowest BCUT2D eigenvalue weighted by Gasteiger charge is -2.10. The van der Waals surface area contributed by atoms with E-state index in [1.165, 1.54) is 4.31 Å². The second-order valence-electron chi connectivity index (χ2n) is 4.36. The monoisotopic (exact) mass is 309 g/mol. The summed E-state index contributed by atoms with van der Waals surface area (Å²) in [6.07, 6.45) is 5.28. The average molecular weight is 309 g/mol. The summed E-state index contributed by atoms with van der Waals surface area (Å²) in [5.74, 6) is 0.373. The van der Waals surface area contributed by atoms with E-state index in [2.05, 4.69) is 11.7 Å². The Labute approximate surface area is 129 Å². The molecule has 0 radical (unpaired) electrons. The summed E-state index contributed by atoms with van der Waals surface area (Å²) >= 11 is 0.226. The normalized spacial score (nSPS) is 12.2. The van der Waals surface area contributed by atoms with E-state index >= 15 is 0 Å². The second kappa shape index (κ2) is 10.1. The van der Waals surface area contributed by atoms with Crippen molar-refractivity contribution >= 4 is 19.1 Å². The van der Waals surface area contributed by atoms with Crippen LogP contribution in [-0.2, 0) is 17.9 Å². The van der Waals surface area contributed by atoms with E-state index in [-0.39, 0.29) is 12.3 Å². The molecule has 1 aromatic rings. The predicted octanol–water partition coefficient (Wildman–Crippen LogP) is 3.22. The van der Waals surface area contributed by atoms with Crippen LogP contribution in [0.2, 0.25) is 0 Å². The Bertz CT molecular complexity index is 488. The van der Waals surface area contributed by atoms with E-state index in [0.717, 1.165) is 11.1 Å². The molecule has 0 spiro atoms. The smallest absolute Gasteiger partial charge is 0.134 e. The first-order valence-corrected chi connectivity index (χ1v) is 7.07. The Morgan fingerprint density at radius 1 is 1.43 bits per heavy atom. The summed E-state index contributed by atoms with van der Waals surface area (Å²) in [6.45, 7) is 4.89. The molecule has 0 atom stereocenters. The number of ether oxygens (including phenoxy) is 1. The molecule has 21 heavy (non-hydrogen) atoms. The van der Waals surface area contributed by atoms with Crippen LogP contribution in [0.4, 0.5) is 3.89 Å². The van der Waals surface area contributed by atoms with Crippen molar-refractivity contribution in [1.29, 1.82) is 0 Å². The van der Waals surface area contributed by atoms with Crippen molar-refractivity contribution in [3.05, 3.63) is 59.4 Å². The van der Waals surface area contributed by atoms with E-state index < -0.39 is 0 Å². The van der Waals surface area contributed by atoms with Gasteiger partial charge < -0.3 is 10.5 Å². The first kappa shape index (κ1) is 17.4.